The molecule has 71 heavy (non-hydrogen) atoms. The van der Waals surface area contributed by atoms with E-state index in [9.17, 15) is 45.6 Å². The Hall–Kier alpha value is -1.27. The third-order valence-electron chi connectivity index (χ3n) is 14.7. The Morgan fingerprint density at radius 1 is 0.493 bits per heavy atom. The minimum Gasteiger partial charge on any atom is -0.394 e. The molecule has 0 aromatic rings. The SMILES string of the molecule is CCCCCCCCCCCCCCCCCCCCCCCCCCCCC/C=C/C(O)C(COC1OC(CO)C(OC2OC(CO)C(O)C(O)C2O)C(O)C1O)NC(=O)CCCCCCCCCC. The van der Waals surface area contributed by atoms with Crippen molar-refractivity contribution in [1.82, 2.24) is 5.32 Å². The molecule has 0 aliphatic carbocycles. The summed E-state index contributed by atoms with van der Waals surface area (Å²) >= 11 is 0. The first-order valence-corrected chi connectivity index (χ1v) is 29.4. The quantitative estimate of drug-likeness (QED) is 0.0205. The normalized spacial score (nSPS) is 25.8. The van der Waals surface area contributed by atoms with Crippen LogP contribution >= 0.6 is 0 Å². The Balaban J connectivity index is 1.65. The van der Waals surface area contributed by atoms with E-state index >= 15 is 0 Å². The molecule has 0 aromatic heterocycles. The van der Waals surface area contributed by atoms with Crippen molar-refractivity contribution in [3.8, 4) is 0 Å². The first kappa shape index (κ1) is 65.8. The Morgan fingerprint density at radius 2 is 0.873 bits per heavy atom. The summed E-state index contributed by atoms with van der Waals surface area (Å²) in [6, 6.07) is -0.907. The van der Waals surface area contributed by atoms with Crippen molar-refractivity contribution in [3.05, 3.63) is 12.2 Å². The van der Waals surface area contributed by atoms with Crippen molar-refractivity contribution in [3.63, 3.8) is 0 Å². The standard InChI is InChI=1S/C57H109NO13/c1-3-5-7-9-11-13-14-15-16-17-18-19-20-21-22-23-24-25-26-27-28-29-30-31-32-33-34-36-38-40-46(61)45(58-49(62)41-39-37-35-12-10-8-6-4-2)44-68-56-54(67)52(65)55(48(43-60)70-56)71-57-53(66)51(64)50(63)47(42-59)69-57/h38,40,45-48,50-57,59-61,63-67H,3-37,39,41-44H2,1-2H3,(H,58,62)/b40-38+. The minimum atomic E-state index is -1.78. The summed E-state index contributed by atoms with van der Waals surface area (Å²) < 4.78 is 22.7. The van der Waals surface area contributed by atoms with Crippen LogP contribution in [0.3, 0.4) is 0 Å². The molecule has 2 heterocycles. The molecule has 0 spiro atoms. The maximum Gasteiger partial charge on any atom is 0.220 e. The Morgan fingerprint density at radius 3 is 1.30 bits per heavy atom. The highest BCUT2D eigenvalue weighted by atomic mass is 16.7. The second-order valence-corrected chi connectivity index (χ2v) is 21.1. The van der Waals surface area contributed by atoms with Crippen LogP contribution in [0.25, 0.3) is 0 Å². The average molecular weight is 1020 g/mol. The molecule has 14 nitrogen and oxygen atoms in total. The van der Waals surface area contributed by atoms with E-state index < -0.39 is 86.8 Å². The first-order valence-electron chi connectivity index (χ1n) is 29.4. The van der Waals surface area contributed by atoms with Gasteiger partial charge < -0.3 is 65.1 Å². The summed E-state index contributed by atoms with van der Waals surface area (Å²) in [5, 5.41) is 86.8. The summed E-state index contributed by atoms with van der Waals surface area (Å²) in [6.45, 7) is 2.77. The minimum absolute atomic E-state index is 0.242. The molecule has 2 rings (SSSR count). The maximum absolute atomic E-state index is 13.1. The van der Waals surface area contributed by atoms with E-state index in [-0.39, 0.29) is 18.9 Å². The second-order valence-electron chi connectivity index (χ2n) is 21.1. The molecule has 2 fully saturated rings. The smallest absolute Gasteiger partial charge is 0.220 e. The van der Waals surface area contributed by atoms with Crippen LogP contribution in [0.1, 0.15) is 251 Å². The van der Waals surface area contributed by atoms with Gasteiger partial charge in [0.15, 0.2) is 12.6 Å². The van der Waals surface area contributed by atoms with E-state index in [0.717, 1.165) is 38.5 Å². The number of hydrogen-bond acceptors (Lipinski definition) is 13. The summed E-state index contributed by atoms with van der Waals surface area (Å²) in [5.41, 5.74) is 0. The molecular weight excluding hydrogens is 907 g/mol. The lowest BCUT2D eigenvalue weighted by atomic mass is 9.97. The van der Waals surface area contributed by atoms with Crippen LogP contribution in [0.5, 0.6) is 0 Å². The first-order chi connectivity index (χ1) is 34.6. The van der Waals surface area contributed by atoms with Crippen LogP contribution in [-0.4, -0.2) is 140 Å². The number of nitrogens with one attached hydrogen (secondary N) is 1. The number of aliphatic hydroxyl groups excluding tert-OH is 8. The summed E-state index contributed by atoms with van der Waals surface area (Å²) in [5.74, 6) is -0.242. The summed E-state index contributed by atoms with van der Waals surface area (Å²) in [4.78, 5) is 13.1. The number of amides is 1. The van der Waals surface area contributed by atoms with Crippen LogP contribution in [0.15, 0.2) is 12.2 Å². The van der Waals surface area contributed by atoms with Gasteiger partial charge in [-0.15, -0.1) is 0 Å². The molecule has 0 saturated carbocycles. The van der Waals surface area contributed by atoms with E-state index in [1.807, 2.05) is 6.08 Å². The van der Waals surface area contributed by atoms with E-state index in [1.54, 1.807) is 6.08 Å². The third-order valence-corrected chi connectivity index (χ3v) is 14.7. The van der Waals surface area contributed by atoms with Crippen LogP contribution in [0.4, 0.5) is 0 Å². The molecule has 12 atom stereocenters. The predicted molar refractivity (Wildman–Crippen MR) is 282 cm³/mol. The van der Waals surface area contributed by atoms with Gasteiger partial charge in [0.2, 0.25) is 5.91 Å². The molecule has 0 radical (unpaired) electrons. The summed E-state index contributed by atoms with van der Waals surface area (Å²) in [7, 11) is 0. The number of rotatable bonds is 47. The zero-order valence-corrected chi connectivity index (χ0v) is 45.0. The molecule has 420 valence electrons. The van der Waals surface area contributed by atoms with Gasteiger partial charge in [-0.25, -0.2) is 0 Å². The van der Waals surface area contributed by atoms with Crippen LogP contribution in [0, 0.1) is 0 Å². The molecule has 2 aliphatic rings. The fraction of sp³-hybridized carbons (Fsp3) is 0.947. The lowest BCUT2D eigenvalue weighted by molar-refractivity contribution is -0.359. The second kappa shape index (κ2) is 43.9. The molecule has 12 unspecified atom stereocenters. The molecule has 1 amide bonds. The number of hydrogen-bond donors (Lipinski definition) is 9. The Bertz CT molecular complexity index is 1240. The maximum atomic E-state index is 13.1. The van der Waals surface area contributed by atoms with Crippen molar-refractivity contribution in [1.29, 1.82) is 0 Å². The highest BCUT2D eigenvalue weighted by Crippen LogP contribution is 2.30. The lowest BCUT2D eigenvalue weighted by Gasteiger charge is -2.46. The van der Waals surface area contributed by atoms with Crippen LogP contribution < -0.4 is 5.32 Å². The van der Waals surface area contributed by atoms with Gasteiger partial charge in [-0.2, -0.15) is 0 Å². The van der Waals surface area contributed by atoms with Crippen molar-refractivity contribution >= 4 is 5.91 Å². The monoisotopic (exact) mass is 1020 g/mol. The highest BCUT2D eigenvalue weighted by Gasteiger charge is 2.51. The van der Waals surface area contributed by atoms with Gasteiger partial charge in [-0.05, 0) is 19.3 Å². The van der Waals surface area contributed by atoms with E-state index in [2.05, 4.69) is 19.2 Å². The molecule has 9 N–H and O–H groups in total. The van der Waals surface area contributed by atoms with Crippen molar-refractivity contribution < 1.29 is 64.6 Å². The van der Waals surface area contributed by atoms with E-state index in [0.29, 0.717) is 6.42 Å². The number of carbonyl (C=O) groups is 1. The van der Waals surface area contributed by atoms with Gasteiger partial charge in [0.1, 0.15) is 48.8 Å². The number of ether oxygens (including phenoxy) is 4. The van der Waals surface area contributed by atoms with Crippen molar-refractivity contribution in [2.45, 2.75) is 325 Å². The fourth-order valence-corrected chi connectivity index (χ4v) is 9.94. The van der Waals surface area contributed by atoms with Gasteiger partial charge in [-0.3, -0.25) is 4.79 Å². The molecule has 2 aliphatic heterocycles. The number of unbranched alkanes of at least 4 members (excludes halogenated alkanes) is 34. The van der Waals surface area contributed by atoms with Gasteiger partial charge in [0.05, 0.1) is 32.0 Å². The van der Waals surface area contributed by atoms with Crippen molar-refractivity contribution in [2.24, 2.45) is 0 Å². The van der Waals surface area contributed by atoms with Gasteiger partial charge in [0, 0.05) is 6.42 Å². The largest absolute Gasteiger partial charge is 0.394 e. The Labute approximate surface area is 431 Å². The zero-order valence-electron chi connectivity index (χ0n) is 45.0. The van der Waals surface area contributed by atoms with E-state index in [1.165, 1.54) is 186 Å². The third kappa shape index (κ3) is 30.2. The zero-order chi connectivity index (χ0) is 51.7. The average Bonchev–Trinajstić information content (AvgIpc) is 3.37. The highest BCUT2D eigenvalue weighted by molar-refractivity contribution is 5.76. The number of allylic oxidation sites excluding steroid dienone is 1. The topological polar surface area (TPSA) is 228 Å². The molecular formula is C57H109NO13. The summed E-state index contributed by atoms with van der Waals surface area (Å²) in [6.07, 6.45) is 33.0. The van der Waals surface area contributed by atoms with Gasteiger partial charge in [0.25, 0.3) is 0 Å². The Kier molecular flexibility index (Phi) is 40.7. The predicted octanol–water partition coefficient (Wildman–Crippen LogP) is 9.50. The van der Waals surface area contributed by atoms with Gasteiger partial charge in [-0.1, -0.05) is 238 Å². The van der Waals surface area contributed by atoms with Crippen molar-refractivity contribution in [2.75, 3.05) is 19.8 Å². The lowest BCUT2D eigenvalue weighted by Crippen LogP contribution is -2.65. The molecule has 14 heteroatoms. The number of carbonyl (C=O) groups excluding carboxylic acids is 1. The fourth-order valence-electron chi connectivity index (χ4n) is 9.94. The van der Waals surface area contributed by atoms with Crippen LogP contribution in [-0.2, 0) is 23.7 Å². The molecule has 0 aromatic carbocycles. The van der Waals surface area contributed by atoms with E-state index in [4.69, 9.17) is 18.9 Å². The van der Waals surface area contributed by atoms with Crippen LogP contribution in [0.2, 0.25) is 0 Å². The molecule has 2 saturated heterocycles. The number of aliphatic hydroxyl groups is 8. The van der Waals surface area contributed by atoms with Gasteiger partial charge >= 0.3 is 0 Å². The molecule has 0 bridgehead atoms.